The molecule has 1 aromatic rings. The maximum absolute atomic E-state index is 3.65. The van der Waals surface area contributed by atoms with Crippen molar-refractivity contribution in [2.75, 3.05) is 24.5 Å². The highest BCUT2D eigenvalue weighted by Crippen LogP contribution is 2.47. The lowest BCUT2D eigenvalue weighted by molar-refractivity contribution is 0.500. The third-order valence-electron chi connectivity index (χ3n) is 4.42. The number of halogens is 1. The van der Waals surface area contributed by atoms with E-state index in [-0.39, 0.29) is 0 Å². The molecule has 1 unspecified atom stereocenters. The Balaban J connectivity index is 1.89. The Labute approximate surface area is 118 Å². The van der Waals surface area contributed by atoms with Crippen molar-refractivity contribution in [3.05, 3.63) is 28.2 Å². The number of rotatable bonds is 1. The lowest BCUT2D eigenvalue weighted by Gasteiger charge is -2.31. The third kappa shape index (κ3) is 2.30. The van der Waals surface area contributed by atoms with Crippen molar-refractivity contribution in [2.45, 2.75) is 32.7 Å². The first-order valence-electron chi connectivity index (χ1n) is 6.83. The van der Waals surface area contributed by atoms with Crippen LogP contribution < -0.4 is 10.2 Å². The molecule has 0 radical (unpaired) electrons. The van der Waals surface area contributed by atoms with Gasteiger partial charge in [-0.2, -0.15) is 0 Å². The zero-order valence-electron chi connectivity index (χ0n) is 11.2. The predicted molar refractivity (Wildman–Crippen MR) is 80.2 cm³/mol. The monoisotopic (exact) mass is 308 g/mol. The van der Waals surface area contributed by atoms with Crippen LogP contribution in [0.25, 0.3) is 0 Å². The smallest absolute Gasteiger partial charge is 0.0386 e. The minimum absolute atomic E-state index is 0.558. The van der Waals surface area contributed by atoms with Crippen molar-refractivity contribution >= 4 is 21.6 Å². The van der Waals surface area contributed by atoms with Crippen LogP contribution in [0.2, 0.25) is 0 Å². The van der Waals surface area contributed by atoms with Gasteiger partial charge in [0.15, 0.2) is 0 Å². The number of benzene rings is 1. The topological polar surface area (TPSA) is 15.3 Å². The fraction of sp³-hybridized carbons (Fsp3) is 0.600. The lowest BCUT2D eigenvalue weighted by atomic mass is 10.1. The molecule has 0 aromatic heterocycles. The average molecular weight is 309 g/mol. The summed E-state index contributed by atoms with van der Waals surface area (Å²) in [5, 5.41) is 3.62. The van der Waals surface area contributed by atoms with Crippen LogP contribution in [-0.2, 0) is 0 Å². The second-order valence-electron chi connectivity index (χ2n) is 6.04. The first kappa shape index (κ1) is 12.5. The van der Waals surface area contributed by atoms with E-state index in [1.807, 2.05) is 0 Å². The summed E-state index contributed by atoms with van der Waals surface area (Å²) in [6.07, 6.45) is 2.77. The van der Waals surface area contributed by atoms with Crippen LogP contribution in [0.15, 0.2) is 22.7 Å². The van der Waals surface area contributed by atoms with Gasteiger partial charge in [0.25, 0.3) is 0 Å². The molecule has 18 heavy (non-hydrogen) atoms. The summed E-state index contributed by atoms with van der Waals surface area (Å²) in [6.45, 7) is 7.95. The minimum atomic E-state index is 0.558. The Morgan fingerprint density at radius 3 is 2.83 bits per heavy atom. The maximum atomic E-state index is 3.65. The highest BCUT2D eigenvalue weighted by molar-refractivity contribution is 9.10. The normalized spacial score (nSPS) is 26.2. The molecule has 1 heterocycles. The Morgan fingerprint density at radius 1 is 1.39 bits per heavy atom. The summed E-state index contributed by atoms with van der Waals surface area (Å²) in [7, 11) is 0. The van der Waals surface area contributed by atoms with E-state index in [0.717, 1.165) is 6.54 Å². The molecule has 3 heteroatoms. The molecule has 3 rings (SSSR count). The van der Waals surface area contributed by atoms with Crippen LogP contribution in [0.5, 0.6) is 0 Å². The molecular formula is C15H21BrN2. The van der Waals surface area contributed by atoms with Gasteiger partial charge in [-0.05, 0) is 44.4 Å². The van der Waals surface area contributed by atoms with Gasteiger partial charge in [0.2, 0.25) is 0 Å². The molecule has 1 N–H and O–H groups in total. The van der Waals surface area contributed by atoms with E-state index in [0.29, 0.717) is 11.5 Å². The van der Waals surface area contributed by atoms with E-state index >= 15 is 0 Å². The summed E-state index contributed by atoms with van der Waals surface area (Å²) in [4.78, 5) is 2.58. The molecule has 1 aliphatic heterocycles. The van der Waals surface area contributed by atoms with Gasteiger partial charge in [-0.25, -0.2) is 0 Å². The number of hydrogen-bond donors (Lipinski definition) is 1. The molecule has 0 amide bonds. The fourth-order valence-electron chi connectivity index (χ4n) is 2.85. The van der Waals surface area contributed by atoms with Gasteiger partial charge in [-0.15, -0.1) is 0 Å². The Morgan fingerprint density at radius 2 is 2.17 bits per heavy atom. The molecule has 1 saturated heterocycles. The van der Waals surface area contributed by atoms with Gasteiger partial charge in [-0.1, -0.05) is 22.0 Å². The van der Waals surface area contributed by atoms with Crippen LogP contribution in [-0.4, -0.2) is 25.7 Å². The number of anilines is 1. The van der Waals surface area contributed by atoms with Crippen LogP contribution in [0.4, 0.5) is 5.69 Å². The van der Waals surface area contributed by atoms with Gasteiger partial charge in [-0.3, -0.25) is 0 Å². The van der Waals surface area contributed by atoms with Crippen LogP contribution in [0.1, 0.15) is 25.3 Å². The highest BCUT2D eigenvalue weighted by Gasteiger charge is 2.45. The van der Waals surface area contributed by atoms with E-state index in [1.54, 1.807) is 0 Å². The van der Waals surface area contributed by atoms with Crippen LogP contribution in [0.3, 0.4) is 0 Å². The Hall–Kier alpha value is -0.540. The zero-order valence-corrected chi connectivity index (χ0v) is 12.8. The maximum Gasteiger partial charge on any atom is 0.0386 e. The number of nitrogens with one attached hydrogen (secondary N) is 1. The van der Waals surface area contributed by atoms with E-state index < -0.39 is 0 Å². The van der Waals surface area contributed by atoms with Gasteiger partial charge in [0.1, 0.15) is 0 Å². The molecular weight excluding hydrogens is 288 g/mol. The Bertz CT molecular complexity index is 454. The molecule has 1 aromatic carbocycles. The molecule has 1 atom stereocenters. The van der Waals surface area contributed by atoms with Gasteiger partial charge in [0.05, 0.1) is 0 Å². The first-order chi connectivity index (χ1) is 8.60. The Kier molecular flexibility index (Phi) is 3.15. The predicted octanol–water partition coefficient (Wildman–Crippen LogP) is 3.34. The molecule has 2 nitrogen and oxygen atoms in total. The minimum Gasteiger partial charge on any atom is -0.367 e. The third-order valence-corrected chi connectivity index (χ3v) is 5.28. The summed E-state index contributed by atoms with van der Waals surface area (Å²) < 4.78 is 1.22. The molecule has 2 aliphatic rings. The number of aryl methyl sites for hydroxylation is 1. The zero-order chi connectivity index (χ0) is 12.8. The summed E-state index contributed by atoms with van der Waals surface area (Å²) >= 11 is 3.65. The number of hydrogen-bond acceptors (Lipinski definition) is 2. The van der Waals surface area contributed by atoms with Crippen molar-refractivity contribution in [3.8, 4) is 0 Å². The quantitative estimate of drug-likeness (QED) is 0.856. The molecule has 1 spiro atoms. The molecule has 0 bridgehead atoms. The molecule has 98 valence electrons. The lowest BCUT2D eigenvalue weighted by Crippen LogP contribution is -2.38. The van der Waals surface area contributed by atoms with Crippen molar-refractivity contribution in [2.24, 2.45) is 5.41 Å². The second-order valence-corrected chi connectivity index (χ2v) is 6.90. The van der Waals surface area contributed by atoms with E-state index in [1.165, 1.54) is 41.7 Å². The molecule has 1 aliphatic carbocycles. The summed E-state index contributed by atoms with van der Waals surface area (Å²) in [6, 6.07) is 7.31. The standard InChI is InChI=1S/C15H21BrN2/c1-11-3-4-13(7-14(11)16)18-10-15(5-6-15)9-17-8-12(18)2/h3-4,7,12,17H,5-6,8-10H2,1-2H3. The largest absolute Gasteiger partial charge is 0.367 e. The number of nitrogens with zero attached hydrogens (tertiary/aromatic N) is 1. The van der Waals surface area contributed by atoms with Gasteiger partial charge < -0.3 is 10.2 Å². The van der Waals surface area contributed by atoms with Crippen molar-refractivity contribution in [3.63, 3.8) is 0 Å². The van der Waals surface area contributed by atoms with Crippen molar-refractivity contribution in [1.29, 1.82) is 0 Å². The molecule has 2 fully saturated rings. The average Bonchev–Trinajstić information content (AvgIpc) is 3.12. The van der Waals surface area contributed by atoms with Gasteiger partial charge in [0, 0.05) is 41.3 Å². The van der Waals surface area contributed by atoms with Crippen LogP contribution >= 0.6 is 15.9 Å². The van der Waals surface area contributed by atoms with Crippen LogP contribution in [0, 0.1) is 12.3 Å². The van der Waals surface area contributed by atoms with Crippen molar-refractivity contribution < 1.29 is 0 Å². The van der Waals surface area contributed by atoms with Crippen molar-refractivity contribution in [1.82, 2.24) is 5.32 Å². The fourth-order valence-corrected chi connectivity index (χ4v) is 3.21. The summed E-state index contributed by atoms with van der Waals surface area (Å²) in [5.41, 5.74) is 3.22. The van der Waals surface area contributed by atoms with E-state index in [4.69, 9.17) is 0 Å². The van der Waals surface area contributed by atoms with Gasteiger partial charge >= 0.3 is 0 Å². The summed E-state index contributed by atoms with van der Waals surface area (Å²) in [5.74, 6) is 0. The molecule has 1 saturated carbocycles. The SMILES string of the molecule is Cc1ccc(N2CC3(CC3)CNCC2C)cc1Br. The highest BCUT2D eigenvalue weighted by atomic mass is 79.9. The second kappa shape index (κ2) is 4.53. The first-order valence-corrected chi connectivity index (χ1v) is 7.62. The van der Waals surface area contributed by atoms with E-state index in [9.17, 15) is 0 Å². The van der Waals surface area contributed by atoms with E-state index in [2.05, 4.69) is 58.2 Å².